The van der Waals surface area contributed by atoms with Crippen LogP contribution >= 0.6 is 0 Å². The van der Waals surface area contributed by atoms with Crippen molar-refractivity contribution in [2.75, 3.05) is 5.32 Å². The molecule has 2 saturated carbocycles. The van der Waals surface area contributed by atoms with E-state index >= 15 is 0 Å². The molecular weight excluding hydrogens is 370 g/mol. The summed E-state index contributed by atoms with van der Waals surface area (Å²) in [4.78, 5) is 20.8. The summed E-state index contributed by atoms with van der Waals surface area (Å²) in [5.41, 5.74) is 3.63. The molecule has 0 spiro atoms. The quantitative estimate of drug-likeness (QED) is 0.721. The fourth-order valence-corrected chi connectivity index (χ4v) is 7.32. The lowest BCUT2D eigenvalue weighted by Gasteiger charge is -2.52. The monoisotopic (exact) mass is 403 g/mol. The van der Waals surface area contributed by atoms with Crippen LogP contribution < -0.4 is 5.32 Å². The summed E-state index contributed by atoms with van der Waals surface area (Å²) in [6.45, 7) is 5.02. The highest BCUT2D eigenvalue weighted by Crippen LogP contribution is 2.65. The maximum atomic E-state index is 12.6. The first-order chi connectivity index (χ1) is 14.6. The van der Waals surface area contributed by atoms with Gasteiger partial charge in [0.25, 0.3) is 0 Å². The molecule has 4 nitrogen and oxygen atoms in total. The van der Waals surface area contributed by atoms with Crippen molar-refractivity contribution in [2.45, 2.75) is 64.7 Å². The molecule has 4 heteroatoms. The Morgan fingerprint density at radius 1 is 1.23 bits per heavy atom. The van der Waals surface area contributed by atoms with Crippen LogP contribution in [0.25, 0.3) is 0 Å². The van der Waals surface area contributed by atoms with Crippen LogP contribution in [0.3, 0.4) is 0 Å². The van der Waals surface area contributed by atoms with Crippen molar-refractivity contribution in [1.82, 2.24) is 9.97 Å². The van der Waals surface area contributed by atoms with Gasteiger partial charge in [0, 0.05) is 18.8 Å². The Balaban J connectivity index is 1.32. The van der Waals surface area contributed by atoms with E-state index in [-0.39, 0.29) is 5.91 Å². The van der Waals surface area contributed by atoms with E-state index in [1.54, 1.807) is 29.7 Å². The van der Waals surface area contributed by atoms with Gasteiger partial charge in [-0.1, -0.05) is 38.1 Å². The first-order valence-electron chi connectivity index (χ1n) is 11.7. The van der Waals surface area contributed by atoms with E-state index < -0.39 is 0 Å². The van der Waals surface area contributed by atoms with E-state index in [0.717, 1.165) is 24.2 Å². The van der Waals surface area contributed by atoms with Crippen molar-refractivity contribution in [3.05, 3.63) is 54.0 Å². The zero-order chi connectivity index (χ0) is 20.7. The molecule has 6 atom stereocenters. The SMILES string of the molecule is CC1C[C@@H](CCC(=O)Nc2cnccn2)C2C3CCc4ccccc4C3CC[C@]12C. The van der Waals surface area contributed by atoms with Gasteiger partial charge in [-0.15, -0.1) is 0 Å². The third-order valence-electron chi connectivity index (χ3n) is 8.80. The van der Waals surface area contributed by atoms with Crippen LogP contribution in [0.2, 0.25) is 0 Å². The number of benzene rings is 1. The van der Waals surface area contributed by atoms with Crippen LogP contribution in [0.1, 0.15) is 69.4 Å². The molecule has 0 aliphatic heterocycles. The van der Waals surface area contributed by atoms with Gasteiger partial charge < -0.3 is 5.32 Å². The van der Waals surface area contributed by atoms with E-state index in [9.17, 15) is 4.79 Å². The summed E-state index contributed by atoms with van der Waals surface area (Å²) in [5.74, 6) is 4.24. The van der Waals surface area contributed by atoms with Gasteiger partial charge in [-0.25, -0.2) is 4.98 Å². The molecule has 0 radical (unpaired) electrons. The molecule has 30 heavy (non-hydrogen) atoms. The van der Waals surface area contributed by atoms with E-state index in [4.69, 9.17) is 0 Å². The molecule has 1 amide bonds. The van der Waals surface area contributed by atoms with Crippen molar-refractivity contribution in [2.24, 2.45) is 29.1 Å². The topological polar surface area (TPSA) is 54.9 Å². The minimum Gasteiger partial charge on any atom is -0.309 e. The molecule has 4 unspecified atom stereocenters. The number of nitrogens with one attached hydrogen (secondary N) is 1. The van der Waals surface area contributed by atoms with Crippen molar-refractivity contribution >= 4 is 11.7 Å². The Bertz CT molecular complexity index is 914. The molecule has 3 aliphatic rings. The van der Waals surface area contributed by atoms with Crippen molar-refractivity contribution in [3.63, 3.8) is 0 Å². The number of aryl methyl sites for hydroxylation is 1. The molecule has 0 bridgehead atoms. The van der Waals surface area contributed by atoms with Crippen LogP contribution in [0.4, 0.5) is 5.82 Å². The predicted molar refractivity (Wildman–Crippen MR) is 119 cm³/mol. The lowest BCUT2D eigenvalue weighted by molar-refractivity contribution is -0.116. The third-order valence-corrected chi connectivity index (χ3v) is 8.80. The van der Waals surface area contributed by atoms with Crippen LogP contribution in [0.15, 0.2) is 42.9 Å². The van der Waals surface area contributed by atoms with Gasteiger partial charge in [0.15, 0.2) is 5.82 Å². The normalized spacial score (nSPS) is 34.5. The van der Waals surface area contributed by atoms with Crippen LogP contribution in [0, 0.1) is 29.1 Å². The standard InChI is InChI=1S/C26H33N3O/c1-17-15-19(8-10-24(30)29-23-16-27-13-14-28-23)25-22-9-7-18-5-3-4-6-20(18)21(22)11-12-26(17,25)2/h3-6,13-14,16-17,19,21-22,25H,7-12,15H2,1-2H3,(H,28,29,30)/t17?,19-,21?,22?,25?,26-/m1/s1. The average Bonchev–Trinajstić information content (AvgIpc) is 3.03. The Morgan fingerprint density at radius 3 is 2.93 bits per heavy atom. The van der Waals surface area contributed by atoms with Crippen molar-refractivity contribution in [1.29, 1.82) is 0 Å². The van der Waals surface area contributed by atoms with Crippen LogP contribution in [0.5, 0.6) is 0 Å². The van der Waals surface area contributed by atoms with Gasteiger partial charge in [0.2, 0.25) is 5.91 Å². The Hall–Kier alpha value is -2.23. The highest BCUT2D eigenvalue weighted by molar-refractivity contribution is 5.89. The van der Waals surface area contributed by atoms with E-state index in [0.29, 0.717) is 29.5 Å². The summed E-state index contributed by atoms with van der Waals surface area (Å²) in [7, 11) is 0. The zero-order valence-corrected chi connectivity index (χ0v) is 18.2. The molecule has 158 valence electrons. The van der Waals surface area contributed by atoms with Crippen LogP contribution in [-0.2, 0) is 11.2 Å². The molecular formula is C26H33N3O. The Kier molecular flexibility index (Phi) is 5.12. The van der Waals surface area contributed by atoms with Crippen molar-refractivity contribution in [3.8, 4) is 0 Å². The van der Waals surface area contributed by atoms with Gasteiger partial charge in [-0.05, 0) is 84.7 Å². The molecule has 2 fully saturated rings. The number of carbonyl (C=O) groups excluding carboxylic acids is 1. The van der Waals surface area contributed by atoms with Gasteiger partial charge in [-0.3, -0.25) is 9.78 Å². The third kappa shape index (κ3) is 3.34. The number of amides is 1. The number of hydrogen-bond acceptors (Lipinski definition) is 3. The summed E-state index contributed by atoms with van der Waals surface area (Å²) in [6.07, 6.45) is 12.9. The van der Waals surface area contributed by atoms with Gasteiger partial charge in [-0.2, -0.15) is 0 Å². The molecule has 0 saturated heterocycles. The summed E-state index contributed by atoms with van der Waals surface area (Å²) < 4.78 is 0. The van der Waals surface area contributed by atoms with Crippen molar-refractivity contribution < 1.29 is 4.79 Å². The minimum atomic E-state index is 0.0677. The molecule has 3 aliphatic carbocycles. The molecule has 5 rings (SSSR count). The van der Waals surface area contributed by atoms with Gasteiger partial charge in [0.1, 0.15) is 0 Å². The number of rotatable bonds is 4. The number of anilines is 1. The Labute approximate surface area is 179 Å². The zero-order valence-electron chi connectivity index (χ0n) is 18.2. The number of carbonyl (C=O) groups is 1. The Morgan fingerprint density at radius 2 is 2.10 bits per heavy atom. The second-order valence-corrected chi connectivity index (χ2v) is 10.2. The molecule has 2 aromatic rings. The number of fused-ring (bicyclic) bond motifs is 5. The maximum Gasteiger partial charge on any atom is 0.225 e. The van der Waals surface area contributed by atoms with Crippen LogP contribution in [-0.4, -0.2) is 15.9 Å². The first-order valence-corrected chi connectivity index (χ1v) is 11.7. The fraction of sp³-hybridized carbons (Fsp3) is 0.577. The van der Waals surface area contributed by atoms with Gasteiger partial charge in [0.05, 0.1) is 6.20 Å². The lowest BCUT2D eigenvalue weighted by Crippen LogP contribution is -2.43. The van der Waals surface area contributed by atoms with E-state index in [1.165, 1.54) is 32.1 Å². The predicted octanol–water partition coefficient (Wildman–Crippen LogP) is 5.61. The largest absolute Gasteiger partial charge is 0.309 e. The number of aromatic nitrogens is 2. The average molecular weight is 404 g/mol. The van der Waals surface area contributed by atoms with Gasteiger partial charge >= 0.3 is 0 Å². The van der Waals surface area contributed by atoms with E-state index in [1.807, 2.05) is 0 Å². The molecule has 1 aromatic carbocycles. The second-order valence-electron chi connectivity index (χ2n) is 10.2. The number of nitrogens with zero attached hydrogens (tertiary/aromatic N) is 2. The maximum absolute atomic E-state index is 12.6. The first kappa shape index (κ1) is 19.7. The number of hydrogen-bond donors (Lipinski definition) is 1. The summed E-state index contributed by atoms with van der Waals surface area (Å²) >= 11 is 0. The summed E-state index contributed by atoms with van der Waals surface area (Å²) in [6, 6.07) is 9.14. The lowest BCUT2D eigenvalue weighted by atomic mass is 9.53. The highest BCUT2D eigenvalue weighted by Gasteiger charge is 2.56. The smallest absolute Gasteiger partial charge is 0.225 e. The van der Waals surface area contributed by atoms with E-state index in [2.05, 4.69) is 53.4 Å². The second kappa shape index (κ2) is 7.79. The molecule has 1 heterocycles. The fourth-order valence-electron chi connectivity index (χ4n) is 7.32. The molecule has 1 aromatic heterocycles. The molecule has 1 N–H and O–H groups in total. The highest BCUT2D eigenvalue weighted by atomic mass is 16.1. The summed E-state index contributed by atoms with van der Waals surface area (Å²) in [5, 5.41) is 2.92. The minimum absolute atomic E-state index is 0.0677.